The third-order valence-electron chi connectivity index (χ3n) is 3.51. The van der Waals surface area contributed by atoms with Crippen LogP contribution in [0.15, 0.2) is 0 Å². The van der Waals surface area contributed by atoms with Crippen molar-refractivity contribution in [3.63, 3.8) is 0 Å². The molecule has 0 spiro atoms. The van der Waals surface area contributed by atoms with Crippen molar-refractivity contribution >= 4 is 0 Å². The third kappa shape index (κ3) is 3.27. The van der Waals surface area contributed by atoms with Crippen LogP contribution in [0.25, 0.3) is 0 Å². The Kier molecular flexibility index (Phi) is 6.43. The Labute approximate surface area is 90.7 Å². The van der Waals surface area contributed by atoms with Gasteiger partial charge in [-0.05, 0) is 24.8 Å². The summed E-state index contributed by atoms with van der Waals surface area (Å²) < 4.78 is 0. The summed E-state index contributed by atoms with van der Waals surface area (Å²) >= 11 is 0. The molecule has 14 heavy (non-hydrogen) atoms. The molecule has 0 bridgehead atoms. The number of hydrogen-bond acceptors (Lipinski definition) is 1. The summed E-state index contributed by atoms with van der Waals surface area (Å²) in [5.74, 6) is 1.43. The highest BCUT2D eigenvalue weighted by molar-refractivity contribution is 4.93. The molecule has 0 radical (unpaired) electrons. The van der Waals surface area contributed by atoms with Crippen molar-refractivity contribution in [1.29, 1.82) is 0 Å². The Morgan fingerprint density at radius 2 is 1.50 bits per heavy atom. The van der Waals surface area contributed by atoms with Crippen molar-refractivity contribution in [3.8, 4) is 0 Å². The Morgan fingerprint density at radius 1 is 1.00 bits per heavy atom. The molecule has 0 atom stereocenters. The minimum absolute atomic E-state index is 0.352. The molecule has 0 aromatic rings. The molecule has 0 saturated carbocycles. The molecule has 1 N–H and O–H groups in total. The smallest absolute Gasteiger partial charge is 0.0227 e. The van der Waals surface area contributed by atoms with Gasteiger partial charge in [-0.15, -0.1) is 0 Å². The van der Waals surface area contributed by atoms with Crippen molar-refractivity contribution in [3.05, 3.63) is 0 Å². The minimum Gasteiger partial charge on any atom is -0.311 e. The zero-order chi connectivity index (χ0) is 11.2. The minimum atomic E-state index is 0.352. The van der Waals surface area contributed by atoms with Gasteiger partial charge in [-0.1, -0.05) is 54.4 Å². The molecule has 86 valence electrons. The Balaban J connectivity index is 4.56. The maximum Gasteiger partial charge on any atom is 0.0227 e. The van der Waals surface area contributed by atoms with E-state index in [2.05, 4.69) is 46.9 Å². The second-order valence-corrected chi connectivity index (χ2v) is 4.98. The molecule has 0 rings (SSSR count). The Morgan fingerprint density at radius 3 is 1.79 bits per heavy atom. The van der Waals surface area contributed by atoms with Crippen LogP contribution in [0.3, 0.4) is 0 Å². The molecule has 1 nitrogen and oxygen atoms in total. The molecule has 0 aliphatic carbocycles. The first-order valence-electron chi connectivity index (χ1n) is 6.26. The number of rotatable bonds is 7. The molecule has 0 aromatic heterocycles. The highest BCUT2D eigenvalue weighted by Gasteiger charge is 2.35. The van der Waals surface area contributed by atoms with Crippen molar-refractivity contribution in [1.82, 2.24) is 5.32 Å². The van der Waals surface area contributed by atoms with Gasteiger partial charge in [0.15, 0.2) is 0 Å². The average molecular weight is 199 g/mol. The van der Waals surface area contributed by atoms with E-state index >= 15 is 0 Å². The molecule has 0 heterocycles. The lowest BCUT2D eigenvalue weighted by Gasteiger charge is -2.42. The van der Waals surface area contributed by atoms with Crippen LogP contribution in [0.2, 0.25) is 0 Å². The molecule has 0 saturated heterocycles. The second kappa shape index (κ2) is 6.44. The molecule has 0 unspecified atom stereocenters. The maximum atomic E-state index is 3.73. The first-order chi connectivity index (χ1) is 6.51. The van der Waals surface area contributed by atoms with E-state index < -0.39 is 0 Å². The van der Waals surface area contributed by atoms with Gasteiger partial charge in [-0.25, -0.2) is 0 Å². The van der Waals surface area contributed by atoms with Crippen LogP contribution in [0.4, 0.5) is 0 Å². The molecular weight excluding hydrogens is 170 g/mol. The van der Waals surface area contributed by atoms with E-state index in [9.17, 15) is 0 Å². The molecular formula is C13H29N. The summed E-state index contributed by atoms with van der Waals surface area (Å²) in [6.45, 7) is 15.0. The van der Waals surface area contributed by atoms with Gasteiger partial charge in [0, 0.05) is 5.54 Å². The van der Waals surface area contributed by atoms with Crippen LogP contribution in [0.5, 0.6) is 0 Å². The number of unbranched alkanes of at least 4 members (excludes halogenated alkanes) is 1. The number of hydrogen-bond donors (Lipinski definition) is 1. The molecule has 0 aliphatic rings. The Bertz CT molecular complexity index is 130. The maximum absolute atomic E-state index is 3.73. The fraction of sp³-hybridized carbons (Fsp3) is 1.00. The predicted molar refractivity (Wildman–Crippen MR) is 65.6 cm³/mol. The topological polar surface area (TPSA) is 12.0 Å². The van der Waals surface area contributed by atoms with E-state index in [1.54, 1.807) is 0 Å². The second-order valence-electron chi connectivity index (χ2n) is 4.98. The number of nitrogens with one attached hydrogen (secondary N) is 1. The van der Waals surface area contributed by atoms with E-state index in [1.165, 1.54) is 19.3 Å². The largest absolute Gasteiger partial charge is 0.311 e. The van der Waals surface area contributed by atoms with Gasteiger partial charge < -0.3 is 5.32 Å². The molecule has 0 amide bonds. The lowest BCUT2D eigenvalue weighted by atomic mass is 9.73. The summed E-state index contributed by atoms with van der Waals surface area (Å²) in [5.41, 5.74) is 0.352. The van der Waals surface area contributed by atoms with Gasteiger partial charge in [0.1, 0.15) is 0 Å². The standard InChI is InChI=1S/C13H29N/c1-7-9-10-13(11(3)4,12(5)6)14-8-2/h11-12,14H,7-10H2,1-6H3. The van der Waals surface area contributed by atoms with Crippen LogP contribution in [0, 0.1) is 11.8 Å². The molecule has 0 fully saturated rings. The van der Waals surface area contributed by atoms with Crippen molar-refractivity contribution < 1.29 is 0 Å². The van der Waals surface area contributed by atoms with E-state index in [0.29, 0.717) is 17.4 Å². The van der Waals surface area contributed by atoms with Crippen LogP contribution < -0.4 is 5.32 Å². The third-order valence-corrected chi connectivity index (χ3v) is 3.51. The van der Waals surface area contributed by atoms with E-state index in [-0.39, 0.29) is 0 Å². The summed E-state index contributed by atoms with van der Waals surface area (Å²) in [6, 6.07) is 0. The monoisotopic (exact) mass is 199 g/mol. The van der Waals surface area contributed by atoms with E-state index in [4.69, 9.17) is 0 Å². The summed E-state index contributed by atoms with van der Waals surface area (Å²) in [5, 5.41) is 3.73. The lowest BCUT2D eigenvalue weighted by molar-refractivity contribution is 0.149. The average Bonchev–Trinajstić information content (AvgIpc) is 2.11. The molecule has 0 aliphatic heterocycles. The van der Waals surface area contributed by atoms with E-state index in [0.717, 1.165) is 6.54 Å². The molecule has 0 aromatic carbocycles. The fourth-order valence-corrected chi connectivity index (χ4v) is 2.54. The van der Waals surface area contributed by atoms with Gasteiger partial charge in [-0.3, -0.25) is 0 Å². The van der Waals surface area contributed by atoms with Crippen LogP contribution in [-0.2, 0) is 0 Å². The van der Waals surface area contributed by atoms with Crippen molar-refractivity contribution in [2.24, 2.45) is 11.8 Å². The summed E-state index contributed by atoms with van der Waals surface area (Å²) in [4.78, 5) is 0. The Hall–Kier alpha value is -0.0400. The SMILES string of the molecule is CCCCC(NCC)(C(C)C)C(C)C. The first-order valence-corrected chi connectivity index (χ1v) is 6.26. The van der Waals surface area contributed by atoms with Gasteiger partial charge in [0.2, 0.25) is 0 Å². The quantitative estimate of drug-likeness (QED) is 0.657. The first kappa shape index (κ1) is 14.0. The van der Waals surface area contributed by atoms with Gasteiger partial charge in [0.05, 0.1) is 0 Å². The molecule has 1 heteroatoms. The van der Waals surface area contributed by atoms with E-state index in [1.807, 2.05) is 0 Å². The zero-order valence-corrected chi connectivity index (χ0v) is 11.0. The highest BCUT2D eigenvalue weighted by atomic mass is 15.0. The summed E-state index contributed by atoms with van der Waals surface area (Å²) in [7, 11) is 0. The highest BCUT2D eigenvalue weighted by Crippen LogP contribution is 2.31. The predicted octanol–water partition coefficient (Wildman–Crippen LogP) is 3.84. The summed E-state index contributed by atoms with van der Waals surface area (Å²) in [6.07, 6.45) is 3.95. The van der Waals surface area contributed by atoms with Crippen molar-refractivity contribution in [2.45, 2.75) is 66.3 Å². The van der Waals surface area contributed by atoms with Crippen LogP contribution in [-0.4, -0.2) is 12.1 Å². The van der Waals surface area contributed by atoms with Gasteiger partial charge >= 0.3 is 0 Å². The van der Waals surface area contributed by atoms with Crippen LogP contribution >= 0.6 is 0 Å². The fourth-order valence-electron chi connectivity index (χ4n) is 2.54. The van der Waals surface area contributed by atoms with Crippen LogP contribution in [0.1, 0.15) is 60.8 Å². The van der Waals surface area contributed by atoms with Gasteiger partial charge in [0.25, 0.3) is 0 Å². The lowest BCUT2D eigenvalue weighted by Crippen LogP contribution is -2.53. The normalized spacial score (nSPS) is 12.9. The van der Waals surface area contributed by atoms with Crippen molar-refractivity contribution in [2.75, 3.05) is 6.54 Å². The van der Waals surface area contributed by atoms with Gasteiger partial charge in [-0.2, -0.15) is 0 Å². The zero-order valence-electron chi connectivity index (χ0n) is 11.0.